The van der Waals surface area contributed by atoms with E-state index in [0.29, 0.717) is 25.6 Å². The number of hydrogen-bond donors (Lipinski definition) is 1. The van der Waals surface area contributed by atoms with Gasteiger partial charge in [-0.1, -0.05) is 30.3 Å². The van der Waals surface area contributed by atoms with Crippen molar-refractivity contribution in [2.75, 3.05) is 26.4 Å². The van der Waals surface area contributed by atoms with Gasteiger partial charge < -0.3 is 14.8 Å². The van der Waals surface area contributed by atoms with Crippen LogP contribution >= 0.6 is 0 Å². The summed E-state index contributed by atoms with van der Waals surface area (Å²) in [5.41, 5.74) is 4.02. The Morgan fingerprint density at radius 3 is 2.76 bits per heavy atom. The molecule has 5 nitrogen and oxygen atoms in total. The predicted octanol–water partition coefficient (Wildman–Crippen LogP) is 5.11. The summed E-state index contributed by atoms with van der Waals surface area (Å²) < 4.78 is 26.3. The van der Waals surface area contributed by atoms with Crippen LogP contribution in [0.4, 0.5) is 4.39 Å². The second-order valence-electron chi connectivity index (χ2n) is 10.1. The van der Waals surface area contributed by atoms with E-state index in [0.717, 1.165) is 60.6 Å². The van der Waals surface area contributed by atoms with Gasteiger partial charge in [0.25, 0.3) is 0 Å². The van der Waals surface area contributed by atoms with Crippen LogP contribution in [0.2, 0.25) is 0 Å². The van der Waals surface area contributed by atoms with Crippen LogP contribution in [0.5, 0.6) is 5.75 Å². The number of fused-ring (bicyclic) bond motifs is 1. The third kappa shape index (κ3) is 5.78. The first-order chi connectivity index (χ1) is 16.5. The monoisotopic (exact) mass is 466 g/mol. The number of ether oxygens (including phenoxy) is 2. The van der Waals surface area contributed by atoms with E-state index in [1.54, 1.807) is 0 Å². The Morgan fingerprint density at radius 1 is 1.21 bits per heavy atom. The highest BCUT2D eigenvalue weighted by Crippen LogP contribution is 2.34. The van der Waals surface area contributed by atoms with E-state index in [9.17, 15) is 4.79 Å². The highest BCUT2D eigenvalue weighted by atomic mass is 19.1. The standard InChI is InChI=1S/C28H35FN2O3/c1-19(30-28(32)24-3-2-12-33-18-24)22-8-6-20(7-9-22)14-31-15-23-10-11-25(34-17-21-4-5-21)13-26(23)27(29)16-31/h6-11,13,19,21,24,27H,2-5,12,14-18H2,1H3,(H,30,32)/t19-,24?,27?/m0/s1. The van der Waals surface area contributed by atoms with Crippen molar-refractivity contribution < 1.29 is 18.7 Å². The van der Waals surface area contributed by atoms with Crippen LogP contribution in [-0.4, -0.2) is 37.2 Å². The second kappa shape index (κ2) is 10.4. The molecule has 2 unspecified atom stereocenters. The summed E-state index contributed by atoms with van der Waals surface area (Å²) in [7, 11) is 0. The fraction of sp³-hybridized carbons (Fsp3) is 0.536. The third-order valence-electron chi connectivity index (χ3n) is 7.23. The number of nitrogens with zero attached hydrogens (tertiary/aromatic N) is 1. The first-order valence-corrected chi connectivity index (χ1v) is 12.6. The minimum Gasteiger partial charge on any atom is -0.493 e. The van der Waals surface area contributed by atoms with Crippen molar-refractivity contribution in [1.29, 1.82) is 0 Å². The Kier molecular flexibility index (Phi) is 7.16. The molecule has 3 atom stereocenters. The lowest BCUT2D eigenvalue weighted by Crippen LogP contribution is -2.36. The van der Waals surface area contributed by atoms with Gasteiger partial charge in [-0.05, 0) is 72.9 Å². The Hall–Kier alpha value is -2.44. The Labute approximate surface area is 201 Å². The average Bonchev–Trinajstić information content (AvgIpc) is 3.68. The molecule has 1 saturated carbocycles. The Bertz CT molecular complexity index is 986. The van der Waals surface area contributed by atoms with Crippen LogP contribution in [0.15, 0.2) is 42.5 Å². The van der Waals surface area contributed by atoms with Crippen LogP contribution in [0.3, 0.4) is 0 Å². The zero-order valence-corrected chi connectivity index (χ0v) is 20.0. The molecule has 182 valence electrons. The fourth-order valence-electron chi connectivity index (χ4n) is 4.88. The molecule has 34 heavy (non-hydrogen) atoms. The minimum atomic E-state index is -1.01. The molecule has 1 N–H and O–H groups in total. The van der Waals surface area contributed by atoms with Crippen molar-refractivity contribution in [3.8, 4) is 5.75 Å². The van der Waals surface area contributed by atoms with Crippen molar-refractivity contribution in [2.45, 2.75) is 57.9 Å². The first kappa shape index (κ1) is 23.3. The molecule has 2 aromatic rings. The smallest absolute Gasteiger partial charge is 0.225 e. The molecule has 1 amide bonds. The molecule has 0 aromatic heterocycles. The zero-order chi connectivity index (χ0) is 23.5. The normalized spacial score (nSPS) is 23.7. The molecule has 6 heteroatoms. The number of rotatable bonds is 8. The molecule has 1 saturated heterocycles. The number of halogens is 1. The molecule has 2 aliphatic heterocycles. The van der Waals surface area contributed by atoms with Gasteiger partial charge in [-0.25, -0.2) is 4.39 Å². The van der Waals surface area contributed by atoms with Gasteiger partial charge >= 0.3 is 0 Å². The molecule has 2 heterocycles. The molecule has 2 aromatic carbocycles. The highest BCUT2D eigenvalue weighted by molar-refractivity contribution is 5.79. The van der Waals surface area contributed by atoms with Crippen molar-refractivity contribution in [2.24, 2.45) is 11.8 Å². The largest absolute Gasteiger partial charge is 0.493 e. The number of carbonyl (C=O) groups excluding carboxylic acids is 1. The first-order valence-electron chi connectivity index (χ1n) is 12.6. The lowest BCUT2D eigenvalue weighted by atomic mass is 9.97. The molecule has 0 radical (unpaired) electrons. The van der Waals surface area contributed by atoms with Gasteiger partial charge in [0, 0.05) is 26.2 Å². The number of benzene rings is 2. The summed E-state index contributed by atoms with van der Waals surface area (Å²) in [4.78, 5) is 14.6. The molecule has 2 fully saturated rings. The van der Waals surface area contributed by atoms with Crippen LogP contribution in [0.1, 0.15) is 67.1 Å². The number of hydrogen-bond acceptors (Lipinski definition) is 4. The molecular weight excluding hydrogens is 431 g/mol. The summed E-state index contributed by atoms with van der Waals surface area (Å²) in [6, 6.07) is 14.1. The van der Waals surface area contributed by atoms with Gasteiger partial charge in [0.2, 0.25) is 5.91 Å². The van der Waals surface area contributed by atoms with E-state index in [4.69, 9.17) is 9.47 Å². The lowest BCUT2D eigenvalue weighted by molar-refractivity contribution is -0.129. The number of carbonyl (C=O) groups is 1. The van der Waals surface area contributed by atoms with Crippen molar-refractivity contribution in [3.63, 3.8) is 0 Å². The van der Waals surface area contributed by atoms with Crippen LogP contribution < -0.4 is 10.1 Å². The van der Waals surface area contributed by atoms with Crippen molar-refractivity contribution in [3.05, 3.63) is 64.7 Å². The van der Waals surface area contributed by atoms with Crippen molar-refractivity contribution in [1.82, 2.24) is 10.2 Å². The van der Waals surface area contributed by atoms with Gasteiger partial charge in [-0.15, -0.1) is 0 Å². The summed E-state index contributed by atoms with van der Waals surface area (Å²) >= 11 is 0. The molecular formula is C28H35FN2O3. The second-order valence-corrected chi connectivity index (χ2v) is 10.1. The quantitative estimate of drug-likeness (QED) is 0.588. The van der Waals surface area contributed by atoms with E-state index < -0.39 is 6.17 Å². The number of nitrogens with one attached hydrogen (secondary N) is 1. The molecule has 0 bridgehead atoms. The molecule has 5 rings (SSSR count). The van der Waals surface area contributed by atoms with Gasteiger partial charge in [-0.2, -0.15) is 0 Å². The maximum Gasteiger partial charge on any atom is 0.225 e. The van der Waals surface area contributed by atoms with Gasteiger partial charge in [0.15, 0.2) is 0 Å². The van der Waals surface area contributed by atoms with E-state index in [1.165, 1.54) is 12.8 Å². The SMILES string of the molecule is C[C@H](NC(=O)C1CCCOC1)c1ccc(CN2Cc3ccc(OCC4CC4)cc3C(F)C2)cc1. The lowest BCUT2D eigenvalue weighted by Gasteiger charge is -2.31. The Morgan fingerprint density at radius 2 is 2.03 bits per heavy atom. The van der Waals surface area contributed by atoms with Crippen LogP contribution in [0, 0.1) is 11.8 Å². The van der Waals surface area contributed by atoms with E-state index in [2.05, 4.69) is 34.5 Å². The summed E-state index contributed by atoms with van der Waals surface area (Å²) in [6.07, 6.45) is 3.32. The van der Waals surface area contributed by atoms with E-state index in [1.807, 2.05) is 25.1 Å². The highest BCUT2D eigenvalue weighted by Gasteiger charge is 2.27. The van der Waals surface area contributed by atoms with Crippen LogP contribution in [0.25, 0.3) is 0 Å². The molecule has 1 aliphatic carbocycles. The van der Waals surface area contributed by atoms with Crippen LogP contribution in [-0.2, 0) is 22.6 Å². The third-order valence-corrected chi connectivity index (χ3v) is 7.23. The zero-order valence-electron chi connectivity index (χ0n) is 20.0. The summed E-state index contributed by atoms with van der Waals surface area (Å²) in [6.45, 7) is 5.83. The minimum absolute atomic E-state index is 0.0491. The van der Waals surface area contributed by atoms with E-state index >= 15 is 4.39 Å². The summed E-state index contributed by atoms with van der Waals surface area (Å²) in [5.74, 6) is 1.49. The van der Waals surface area contributed by atoms with E-state index in [-0.39, 0.29) is 17.9 Å². The number of amides is 1. The number of alkyl halides is 1. The fourth-order valence-corrected chi connectivity index (χ4v) is 4.88. The average molecular weight is 467 g/mol. The van der Waals surface area contributed by atoms with Gasteiger partial charge in [0.05, 0.1) is 25.2 Å². The molecule has 0 spiro atoms. The summed E-state index contributed by atoms with van der Waals surface area (Å²) in [5, 5.41) is 3.12. The Balaban J connectivity index is 1.15. The van der Waals surface area contributed by atoms with Crippen molar-refractivity contribution >= 4 is 5.91 Å². The predicted molar refractivity (Wildman–Crippen MR) is 129 cm³/mol. The maximum absolute atomic E-state index is 15.0. The molecule has 3 aliphatic rings. The van der Waals surface area contributed by atoms with Gasteiger partial charge in [0.1, 0.15) is 11.9 Å². The maximum atomic E-state index is 15.0. The van der Waals surface area contributed by atoms with Gasteiger partial charge in [-0.3, -0.25) is 9.69 Å². The topological polar surface area (TPSA) is 50.8 Å².